The Morgan fingerprint density at radius 3 is 2.80 bits per heavy atom. The zero-order valence-electron chi connectivity index (χ0n) is 12.6. The van der Waals surface area contributed by atoms with Crippen LogP contribution in [0, 0.1) is 0 Å². The number of ether oxygens (including phenoxy) is 3. The summed E-state index contributed by atoms with van der Waals surface area (Å²) >= 11 is 0. The second-order valence-corrected chi connectivity index (χ2v) is 5.23. The molecule has 0 radical (unpaired) electrons. The number of hydrogen-bond acceptors (Lipinski definition) is 4. The van der Waals surface area contributed by atoms with Crippen LogP contribution in [0.4, 0.5) is 0 Å². The average molecular weight is 279 g/mol. The van der Waals surface area contributed by atoms with E-state index in [1.807, 2.05) is 12.1 Å². The van der Waals surface area contributed by atoms with Gasteiger partial charge in [-0.25, -0.2) is 0 Å². The molecule has 0 aliphatic carbocycles. The number of nitrogens with one attached hydrogen (secondary N) is 1. The van der Waals surface area contributed by atoms with Crippen LogP contribution in [0.3, 0.4) is 0 Å². The molecule has 0 saturated carbocycles. The Bertz CT molecular complexity index is 416. The summed E-state index contributed by atoms with van der Waals surface area (Å²) in [4.78, 5) is 0. The molecule has 1 saturated heterocycles. The smallest absolute Gasteiger partial charge is 0.127 e. The van der Waals surface area contributed by atoms with E-state index in [2.05, 4.69) is 18.3 Å². The summed E-state index contributed by atoms with van der Waals surface area (Å²) in [5.74, 6) is 1.67. The normalized spacial score (nSPS) is 20.4. The molecule has 20 heavy (non-hydrogen) atoms. The minimum absolute atomic E-state index is 0.224. The van der Waals surface area contributed by atoms with Gasteiger partial charge < -0.3 is 19.5 Å². The highest BCUT2D eigenvalue weighted by Crippen LogP contribution is 2.29. The maximum Gasteiger partial charge on any atom is 0.127 e. The predicted octanol–water partition coefficient (Wildman–Crippen LogP) is 2.92. The van der Waals surface area contributed by atoms with Crippen LogP contribution in [0.25, 0.3) is 0 Å². The van der Waals surface area contributed by atoms with Gasteiger partial charge in [0.25, 0.3) is 0 Å². The van der Waals surface area contributed by atoms with Crippen LogP contribution in [0.1, 0.15) is 37.8 Å². The molecule has 0 aromatic heterocycles. The Kier molecular flexibility index (Phi) is 5.68. The second kappa shape index (κ2) is 7.50. The van der Waals surface area contributed by atoms with Crippen molar-refractivity contribution >= 4 is 0 Å². The van der Waals surface area contributed by atoms with Gasteiger partial charge in [-0.1, -0.05) is 6.07 Å². The molecule has 4 heteroatoms. The number of methoxy groups -OCH3 is 2. The monoisotopic (exact) mass is 279 g/mol. The number of rotatable bonds is 6. The maximum absolute atomic E-state index is 5.74. The average Bonchev–Trinajstić information content (AvgIpc) is 2.52. The number of hydrogen-bond donors (Lipinski definition) is 1. The molecule has 4 nitrogen and oxygen atoms in total. The summed E-state index contributed by atoms with van der Waals surface area (Å²) in [6.45, 7) is 3.93. The highest BCUT2D eigenvalue weighted by atomic mass is 16.5. The van der Waals surface area contributed by atoms with E-state index < -0.39 is 0 Å². The van der Waals surface area contributed by atoms with Gasteiger partial charge in [-0.15, -0.1) is 0 Å². The summed E-state index contributed by atoms with van der Waals surface area (Å²) in [6.07, 6.45) is 3.96. The molecule has 1 aliphatic heterocycles. The lowest BCUT2D eigenvalue weighted by molar-refractivity contribution is 0.0156. The molecule has 2 rings (SSSR count). The van der Waals surface area contributed by atoms with Crippen molar-refractivity contribution in [3.63, 3.8) is 0 Å². The summed E-state index contributed by atoms with van der Waals surface area (Å²) in [6, 6.07) is 6.16. The van der Waals surface area contributed by atoms with Crippen molar-refractivity contribution in [3.8, 4) is 11.5 Å². The van der Waals surface area contributed by atoms with Crippen molar-refractivity contribution in [2.24, 2.45) is 0 Å². The first-order valence-electron chi connectivity index (χ1n) is 7.31. The molecule has 1 aromatic rings. The molecule has 0 bridgehead atoms. The van der Waals surface area contributed by atoms with Gasteiger partial charge in [0.2, 0.25) is 0 Å². The molecule has 2 atom stereocenters. The molecule has 0 amide bonds. The standard InChI is InChI=1S/C16H25NO3/c1-12(17-11-14-6-4-5-9-20-14)15-8-7-13(18-2)10-16(15)19-3/h7-8,10,12,14,17H,4-6,9,11H2,1-3H3. The van der Waals surface area contributed by atoms with Crippen molar-refractivity contribution < 1.29 is 14.2 Å². The van der Waals surface area contributed by atoms with E-state index in [4.69, 9.17) is 14.2 Å². The topological polar surface area (TPSA) is 39.7 Å². The highest BCUT2D eigenvalue weighted by Gasteiger charge is 2.17. The molecule has 112 valence electrons. The second-order valence-electron chi connectivity index (χ2n) is 5.23. The van der Waals surface area contributed by atoms with Crippen molar-refractivity contribution in [2.75, 3.05) is 27.4 Å². The fraction of sp³-hybridized carbons (Fsp3) is 0.625. The van der Waals surface area contributed by atoms with Gasteiger partial charge in [0, 0.05) is 30.8 Å². The summed E-state index contributed by atoms with van der Waals surface area (Å²) in [7, 11) is 3.35. The number of benzene rings is 1. The third kappa shape index (κ3) is 3.87. The zero-order valence-corrected chi connectivity index (χ0v) is 12.6. The van der Waals surface area contributed by atoms with Gasteiger partial charge in [0.15, 0.2) is 0 Å². The molecule has 1 N–H and O–H groups in total. The Morgan fingerprint density at radius 1 is 1.30 bits per heavy atom. The van der Waals surface area contributed by atoms with Gasteiger partial charge in [-0.2, -0.15) is 0 Å². The molecular formula is C16H25NO3. The summed E-state index contributed by atoms with van der Waals surface area (Å²) in [5, 5.41) is 3.53. The fourth-order valence-corrected chi connectivity index (χ4v) is 2.56. The highest BCUT2D eigenvalue weighted by molar-refractivity contribution is 5.42. The minimum Gasteiger partial charge on any atom is -0.497 e. The lowest BCUT2D eigenvalue weighted by atomic mass is 10.1. The van der Waals surface area contributed by atoms with E-state index in [0.29, 0.717) is 6.10 Å². The van der Waals surface area contributed by atoms with Crippen LogP contribution in [-0.2, 0) is 4.74 Å². The SMILES string of the molecule is COc1ccc(C(C)NCC2CCCCO2)c(OC)c1. The van der Waals surface area contributed by atoms with Gasteiger partial charge >= 0.3 is 0 Å². The lowest BCUT2D eigenvalue weighted by Gasteiger charge is -2.25. The van der Waals surface area contributed by atoms with Gasteiger partial charge in [-0.3, -0.25) is 0 Å². The molecule has 1 fully saturated rings. The third-order valence-corrected chi connectivity index (χ3v) is 3.83. The van der Waals surface area contributed by atoms with E-state index in [-0.39, 0.29) is 6.04 Å². The van der Waals surface area contributed by atoms with E-state index in [9.17, 15) is 0 Å². The van der Waals surface area contributed by atoms with Gasteiger partial charge in [0.05, 0.1) is 20.3 Å². The molecule has 0 spiro atoms. The van der Waals surface area contributed by atoms with Crippen LogP contribution in [-0.4, -0.2) is 33.5 Å². The first kappa shape index (κ1) is 15.1. The zero-order chi connectivity index (χ0) is 14.4. The maximum atomic E-state index is 5.74. The first-order valence-corrected chi connectivity index (χ1v) is 7.31. The van der Waals surface area contributed by atoms with E-state index in [0.717, 1.165) is 36.6 Å². The van der Waals surface area contributed by atoms with Crippen LogP contribution < -0.4 is 14.8 Å². The van der Waals surface area contributed by atoms with Crippen molar-refractivity contribution in [3.05, 3.63) is 23.8 Å². The fourth-order valence-electron chi connectivity index (χ4n) is 2.56. The Labute approximate surface area is 121 Å². The van der Waals surface area contributed by atoms with Crippen LogP contribution in [0.5, 0.6) is 11.5 Å². The lowest BCUT2D eigenvalue weighted by Crippen LogP contribution is -2.33. The summed E-state index contributed by atoms with van der Waals surface area (Å²) in [5.41, 5.74) is 1.14. The van der Waals surface area contributed by atoms with Crippen LogP contribution in [0.15, 0.2) is 18.2 Å². The summed E-state index contributed by atoms with van der Waals surface area (Å²) < 4.78 is 16.4. The molecule has 1 aliphatic rings. The quantitative estimate of drug-likeness (QED) is 0.869. The van der Waals surface area contributed by atoms with Gasteiger partial charge in [0.1, 0.15) is 11.5 Å². The van der Waals surface area contributed by atoms with Crippen LogP contribution >= 0.6 is 0 Å². The molecule has 1 heterocycles. The Hall–Kier alpha value is -1.26. The van der Waals surface area contributed by atoms with Gasteiger partial charge in [-0.05, 0) is 32.3 Å². The van der Waals surface area contributed by atoms with E-state index in [1.165, 1.54) is 12.8 Å². The van der Waals surface area contributed by atoms with Crippen molar-refractivity contribution in [1.29, 1.82) is 0 Å². The van der Waals surface area contributed by atoms with E-state index >= 15 is 0 Å². The largest absolute Gasteiger partial charge is 0.497 e. The Balaban J connectivity index is 1.95. The van der Waals surface area contributed by atoms with E-state index in [1.54, 1.807) is 14.2 Å². The Morgan fingerprint density at radius 2 is 2.15 bits per heavy atom. The minimum atomic E-state index is 0.224. The van der Waals surface area contributed by atoms with Crippen LogP contribution in [0.2, 0.25) is 0 Å². The van der Waals surface area contributed by atoms with Crippen molar-refractivity contribution in [2.45, 2.75) is 38.3 Å². The first-order chi connectivity index (χ1) is 9.74. The molecular weight excluding hydrogens is 254 g/mol. The third-order valence-electron chi connectivity index (χ3n) is 3.83. The predicted molar refractivity (Wildman–Crippen MR) is 79.6 cm³/mol. The van der Waals surface area contributed by atoms with Crippen molar-refractivity contribution in [1.82, 2.24) is 5.32 Å². The molecule has 1 aromatic carbocycles. The molecule has 2 unspecified atom stereocenters.